The third-order valence-corrected chi connectivity index (χ3v) is 4.32. The van der Waals surface area contributed by atoms with Crippen molar-refractivity contribution >= 4 is 5.82 Å². The largest absolute Gasteiger partial charge is 0.496 e. The quantitative estimate of drug-likeness (QED) is 0.728. The molecule has 0 saturated heterocycles. The highest BCUT2D eigenvalue weighted by Crippen LogP contribution is 2.33. The molecule has 0 bridgehead atoms. The van der Waals surface area contributed by atoms with Crippen molar-refractivity contribution in [3.05, 3.63) is 41.9 Å². The van der Waals surface area contributed by atoms with E-state index in [0.717, 1.165) is 11.3 Å². The second-order valence-corrected chi connectivity index (χ2v) is 5.74. The number of nitrogens with zero attached hydrogens (tertiary/aromatic N) is 6. The second kappa shape index (κ2) is 6.08. The number of fused-ring (bicyclic) bond motifs is 1. The van der Waals surface area contributed by atoms with Crippen molar-refractivity contribution in [1.29, 1.82) is 0 Å². The lowest BCUT2D eigenvalue weighted by Gasteiger charge is -2.35. The molecular formula is C16H16FN7O. The number of ether oxygens (including phenoxy) is 1. The summed E-state index contributed by atoms with van der Waals surface area (Å²) < 4.78 is 18.9. The molecular weight excluding hydrogens is 325 g/mol. The van der Waals surface area contributed by atoms with E-state index in [9.17, 15) is 4.39 Å². The van der Waals surface area contributed by atoms with Crippen molar-refractivity contribution in [1.82, 2.24) is 30.1 Å². The lowest BCUT2D eigenvalue weighted by Crippen LogP contribution is -2.35. The van der Waals surface area contributed by atoms with Crippen LogP contribution >= 0.6 is 0 Å². The van der Waals surface area contributed by atoms with E-state index in [1.165, 1.54) is 19.5 Å². The maximum Gasteiger partial charge on any atom is 0.218 e. The van der Waals surface area contributed by atoms with Crippen molar-refractivity contribution in [3.63, 3.8) is 0 Å². The van der Waals surface area contributed by atoms with Crippen LogP contribution in [0.3, 0.4) is 0 Å². The number of hydrogen-bond donors (Lipinski definition) is 1. The molecule has 3 aromatic heterocycles. The standard InChI is InChI=1S/C16H16FN7O/c1-9-11-7-18-15(16-19-8-20-23-16)21-12(11)3-4-24(9)14-6-10(25-2)5-13(17)22-14/h5-9H,3-4H2,1-2H3,(H,19,20,23). The summed E-state index contributed by atoms with van der Waals surface area (Å²) in [6, 6.07) is 2.96. The first-order chi connectivity index (χ1) is 12.2. The van der Waals surface area contributed by atoms with E-state index in [1.807, 2.05) is 11.8 Å². The summed E-state index contributed by atoms with van der Waals surface area (Å²) >= 11 is 0. The zero-order chi connectivity index (χ0) is 17.4. The number of hydrogen-bond acceptors (Lipinski definition) is 7. The van der Waals surface area contributed by atoms with Crippen LogP contribution in [-0.4, -0.2) is 43.8 Å². The van der Waals surface area contributed by atoms with Crippen LogP contribution in [0, 0.1) is 5.95 Å². The predicted molar refractivity (Wildman–Crippen MR) is 87.6 cm³/mol. The van der Waals surface area contributed by atoms with Crippen molar-refractivity contribution < 1.29 is 9.13 Å². The van der Waals surface area contributed by atoms with Crippen molar-refractivity contribution in [2.75, 3.05) is 18.6 Å². The average molecular weight is 341 g/mol. The molecule has 9 heteroatoms. The highest BCUT2D eigenvalue weighted by atomic mass is 19.1. The fraction of sp³-hybridized carbons (Fsp3) is 0.312. The number of pyridine rings is 1. The molecule has 0 aliphatic carbocycles. The molecule has 1 atom stereocenters. The van der Waals surface area contributed by atoms with Gasteiger partial charge in [-0.1, -0.05) is 0 Å². The van der Waals surface area contributed by atoms with Gasteiger partial charge in [0, 0.05) is 36.9 Å². The number of anilines is 1. The van der Waals surface area contributed by atoms with Gasteiger partial charge in [-0.2, -0.15) is 9.49 Å². The van der Waals surface area contributed by atoms with Crippen LogP contribution < -0.4 is 9.64 Å². The normalized spacial score (nSPS) is 16.6. The number of rotatable bonds is 3. The SMILES string of the molecule is COc1cc(F)nc(N2CCc3nc(-c4ncn[nH]4)ncc3C2C)c1. The Balaban J connectivity index is 1.67. The predicted octanol–water partition coefficient (Wildman–Crippen LogP) is 1.93. The Morgan fingerprint density at radius 2 is 2.16 bits per heavy atom. The molecule has 0 fully saturated rings. The molecule has 0 amide bonds. The molecule has 8 nitrogen and oxygen atoms in total. The number of aromatic nitrogens is 6. The van der Waals surface area contributed by atoms with Crippen LogP contribution in [0.5, 0.6) is 5.75 Å². The first-order valence-electron chi connectivity index (χ1n) is 7.85. The van der Waals surface area contributed by atoms with Crippen LogP contribution in [0.25, 0.3) is 11.6 Å². The Hall–Kier alpha value is -3.10. The highest BCUT2D eigenvalue weighted by molar-refractivity contribution is 5.50. The number of nitrogens with one attached hydrogen (secondary N) is 1. The smallest absolute Gasteiger partial charge is 0.218 e. The molecule has 0 spiro atoms. The summed E-state index contributed by atoms with van der Waals surface area (Å²) in [5.41, 5.74) is 1.94. The molecule has 0 radical (unpaired) electrons. The highest BCUT2D eigenvalue weighted by Gasteiger charge is 2.27. The maximum atomic E-state index is 13.7. The van der Waals surface area contributed by atoms with E-state index < -0.39 is 5.95 Å². The van der Waals surface area contributed by atoms with E-state index >= 15 is 0 Å². The van der Waals surface area contributed by atoms with Crippen LogP contribution in [-0.2, 0) is 6.42 Å². The molecule has 25 heavy (non-hydrogen) atoms. The molecule has 4 heterocycles. The minimum Gasteiger partial charge on any atom is -0.496 e. The van der Waals surface area contributed by atoms with E-state index in [-0.39, 0.29) is 6.04 Å². The summed E-state index contributed by atoms with van der Waals surface area (Å²) in [5, 5.41) is 6.58. The molecule has 128 valence electrons. The van der Waals surface area contributed by atoms with Gasteiger partial charge in [0.05, 0.1) is 18.8 Å². The van der Waals surface area contributed by atoms with Gasteiger partial charge < -0.3 is 9.64 Å². The number of methoxy groups -OCH3 is 1. The van der Waals surface area contributed by atoms with Crippen molar-refractivity contribution in [2.24, 2.45) is 0 Å². The van der Waals surface area contributed by atoms with E-state index in [2.05, 4.69) is 30.1 Å². The topological polar surface area (TPSA) is 92.7 Å². The lowest BCUT2D eigenvalue weighted by atomic mass is 9.99. The zero-order valence-electron chi connectivity index (χ0n) is 13.8. The molecule has 1 aliphatic heterocycles. The van der Waals surface area contributed by atoms with Gasteiger partial charge in [-0.05, 0) is 6.92 Å². The number of aromatic amines is 1. The average Bonchev–Trinajstić information content (AvgIpc) is 3.16. The Bertz CT molecular complexity index is 900. The van der Waals surface area contributed by atoms with Crippen molar-refractivity contribution in [2.45, 2.75) is 19.4 Å². The van der Waals surface area contributed by atoms with Gasteiger partial charge in [-0.25, -0.2) is 19.9 Å². The molecule has 0 aromatic carbocycles. The van der Waals surface area contributed by atoms with Gasteiger partial charge in [0.25, 0.3) is 0 Å². The third-order valence-electron chi connectivity index (χ3n) is 4.32. The molecule has 4 rings (SSSR count). The fourth-order valence-corrected chi connectivity index (χ4v) is 3.03. The summed E-state index contributed by atoms with van der Waals surface area (Å²) in [6.45, 7) is 2.69. The van der Waals surface area contributed by atoms with Crippen LogP contribution in [0.4, 0.5) is 10.2 Å². The van der Waals surface area contributed by atoms with E-state index in [1.54, 1.807) is 12.3 Å². The number of H-pyrrole nitrogens is 1. The first-order valence-corrected chi connectivity index (χ1v) is 7.85. The lowest BCUT2D eigenvalue weighted by molar-refractivity contribution is 0.408. The molecule has 1 aliphatic rings. The van der Waals surface area contributed by atoms with Crippen LogP contribution in [0.2, 0.25) is 0 Å². The van der Waals surface area contributed by atoms with Gasteiger partial charge in [0.2, 0.25) is 5.95 Å². The minimum absolute atomic E-state index is 0.0356. The minimum atomic E-state index is -0.565. The van der Waals surface area contributed by atoms with E-state index in [4.69, 9.17) is 4.74 Å². The summed E-state index contributed by atoms with van der Waals surface area (Å²) in [4.78, 5) is 19.1. The van der Waals surface area contributed by atoms with Crippen LogP contribution in [0.15, 0.2) is 24.7 Å². The van der Waals surface area contributed by atoms with Crippen LogP contribution in [0.1, 0.15) is 24.2 Å². The molecule has 1 unspecified atom stereocenters. The Kier molecular flexibility index (Phi) is 3.75. The zero-order valence-corrected chi connectivity index (χ0v) is 13.8. The molecule has 3 aromatic rings. The monoisotopic (exact) mass is 341 g/mol. The first kappa shape index (κ1) is 15.4. The van der Waals surface area contributed by atoms with Gasteiger partial charge in [0.15, 0.2) is 11.6 Å². The van der Waals surface area contributed by atoms with Gasteiger partial charge >= 0.3 is 0 Å². The Morgan fingerprint density at radius 3 is 2.92 bits per heavy atom. The van der Waals surface area contributed by atoms with Gasteiger partial charge in [0.1, 0.15) is 17.9 Å². The summed E-state index contributed by atoms with van der Waals surface area (Å²) in [5.74, 6) is 1.47. The van der Waals surface area contributed by atoms with Gasteiger partial charge in [-0.3, -0.25) is 5.10 Å². The maximum absolute atomic E-state index is 13.7. The van der Waals surface area contributed by atoms with Gasteiger partial charge in [-0.15, -0.1) is 0 Å². The van der Waals surface area contributed by atoms with E-state index in [0.29, 0.717) is 36.2 Å². The Morgan fingerprint density at radius 1 is 1.28 bits per heavy atom. The fourth-order valence-electron chi connectivity index (χ4n) is 3.03. The summed E-state index contributed by atoms with van der Waals surface area (Å²) in [6.07, 6.45) is 3.91. The third kappa shape index (κ3) is 2.77. The van der Waals surface area contributed by atoms with Crippen molar-refractivity contribution in [3.8, 4) is 17.4 Å². The Labute approximate surface area is 143 Å². The number of halogens is 1. The second-order valence-electron chi connectivity index (χ2n) is 5.74. The summed E-state index contributed by atoms with van der Waals surface area (Å²) in [7, 11) is 1.51. The molecule has 0 saturated carbocycles. The molecule has 1 N–H and O–H groups in total.